The first-order chi connectivity index (χ1) is 27.0. The van der Waals surface area contributed by atoms with Gasteiger partial charge < -0.3 is 9.32 Å². The van der Waals surface area contributed by atoms with E-state index in [0.29, 0.717) is 0 Å². The van der Waals surface area contributed by atoms with Crippen LogP contribution in [-0.4, -0.2) is 0 Å². The normalized spacial score (nSPS) is 13.1. The summed E-state index contributed by atoms with van der Waals surface area (Å²) < 4.78 is 6.27. The lowest BCUT2D eigenvalue weighted by molar-refractivity contribution is 0.660. The highest BCUT2D eigenvalue weighted by Crippen LogP contribution is 2.51. The highest BCUT2D eigenvalue weighted by atomic mass is 16.3. The summed E-state index contributed by atoms with van der Waals surface area (Å²) in [6.07, 6.45) is 0. The molecule has 260 valence electrons. The van der Waals surface area contributed by atoms with Gasteiger partial charge in [0.25, 0.3) is 0 Å². The second-order valence-corrected chi connectivity index (χ2v) is 15.4. The highest BCUT2D eigenvalue weighted by Gasteiger charge is 2.35. The number of para-hydroxylation sites is 1. The minimum Gasteiger partial charge on any atom is -0.456 e. The maximum Gasteiger partial charge on any atom is 0.135 e. The van der Waals surface area contributed by atoms with Gasteiger partial charge in [0.1, 0.15) is 11.2 Å². The Bertz CT molecular complexity index is 3150. The lowest BCUT2D eigenvalue weighted by atomic mass is 9.82. The number of hydrogen-bond donors (Lipinski definition) is 0. The molecule has 0 bridgehead atoms. The summed E-state index contributed by atoms with van der Waals surface area (Å²) in [7, 11) is 0. The smallest absolute Gasteiger partial charge is 0.135 e. The summed E-state index contributed by atoms with van der Waals surface area (Å²) >= 11 is 0. The second-order valence-electron chi connectivity index (χ2n) is 15.4. The van der Waals surface area contributed by atoms with Gasteiger partial charge in [-0.3, -0.25) is 0 Å². The van der Waals surface area contributed by atoms with Crippen LogP contribution >= 0.6 is 0 Å². The Hall–Kier alpha value is -6.90. The zero-order valence-electron chi connectivity index (χ0n) is 30.8. The van der Waals surface area contributed by atoms with Crippen LogP contribution in [0.3, 0.4) is 0 Å². The minimum atomic E-state index is -0.114. The molecule has 1 aromatic heterocycles. The molecule has 0 atom stereocenters. The van der Waals surface area contributed by atoms with Crippen molar-refractivity contribution in [3.05, 3.63) is 199 Å². The molecule has 9 aromatic carbocycles. The molecule has 11 rings (SSSR count). The van der Waals surface area contributed by atoms with Gasteiger partial charge in [0.05, 0.1) is 0 Å². The van der Waals surface area contributed by atoms with Gasteiger partial charge in [-0.15, -0.1) is 0 Å². The third-order valence-electron chi connectivity index (χ3n) is 11.8. The number of rotatable bonds is 5. The van der Waals surface area contributed by atoms with E-state index in [4.69, 9.17) is 4.42 Å². The van der Waals surface area contributed by atoms with Crippen molar-refractivity contribution in [3.63, 3.8) is 0 Å². The van der Waals surface area contributed by atoms with Crippen molar-refractivity contribution in [3.8, 4) is 33.4 Å². The summed E-state index contributed by atoms with van der Waals surface area (Å²) in [6, 6.07) is 68.7. The van der Waals surface area contributed by atoms with Crippen LogP contribution < -0.4 is 4.90 Å². The largest absolute Gasteiger partial charge is 0.456 e. The first-order valence-electron chi connectivity index (χ1n) is 19.1. The zero-order chi connectivity index (χ0) is 36.7. The summed E-state index contributed by atoms with van der Waals surface area (Å²) in [5, 5.41) is 7.20. The van der Waals surface area contributed by atoms with E-state index in [1.165, 1.54) is 66.1 Å². The molecule has 0 spiro atoms. The van der Waals surface area contributed by atoms with E-state index in [0.717, 1.165) is 39.0 Å². The number of hydrogen-bond acceptors (Lipinski definition) is 2. The Kier molecular flexibility index (Phi) is 6.93. The van der Waals surface area contributed by atoms with E-state index >= 15 is 0 Å². The topological polar surface area (TPSA) is 16.4 Å². The first-order valence-corrected chi connectivity index (χ1v) is 19.1. The van der Waals surface area contributed by atoms with Crippen molar-refractivity contribution in [2.75, 3.05) is 4.90 Å². The molecule has 0 radical (unpaired) electrons. The molecule has 0 saturated heterocycles. The monoisotopic (exact) mass is 703 g/mol. The van der Waals surface area contributed by atoms with Crippen molar-refractivity contribution < 1.29 is 4.42 Å². The van der Waals surface area contributed by atoms with Crippen LogP contribution in [0, 0.1) is 0 Å². The predicted octanol–water partition coefficient (Wildman–Crippen LogP) is 15.0. The van der Waals surface area contributed by atoms with Crippen LogP contribution in [0.5, 0.6) is 0 Å². The van der Waals surface area contributed by atoms with Crippen molar-refractivity contribution in [1.29, 1.82) is 0 Å². The Labute approximate surface area is 320 Å². The number of benzene rings is 9. The van der Waals surface area contributed by atoms with E-state index in [2.05, 4.69) is 195 Å². The fourth-order valence-electron chi connectivity index (χ4n) is 8.93. The molecule has 0 N–H and O–H groups in total. The standard InChI is InChI=1S/C53H37NO/c1-53(2)49-16-7-5-14-45(49)46-26-24-44(33-50(46)53)54(43-25-27-52-48(32-43)47-15-6-8-17-51(47)55-52)42-13-9-12-37(31-42)39-22-19-35-20-23-40(30-41(35)29-39)38-21-18-34-10-3-4-11-36(34)28-38/h3-33H,1-2H3. The van der Waals surface area contributed by atoms with E-state index < -0.39 is 0 Å². The highest BCUT2D eigenvalue weighted by molar-refractivity contribution is 6.06. The average molecular weight is 704 g/mol. The molecule has 1 aliphatic carbocycles. The van der Waals surface area contributed by atoms with Gasteiger partial charge in [-0.25, -0.2) is 0 Å². The molecule has 0 amide bonds. The third kappa shape index (κ3) is 5.10. The van der Waals surface area contributed by atoms with E-state index in [-0.39, 0.29) is 5.41 Å². The van der Waals surface area contributed by atoms with Crippen molar-refractivity contribution in [1.82, 2.24) is 0 Å². The molecule has 2 heteroatoms. The Morgan fingerprint density at radius 1 is 0.364 bits per heavy atom. The maximum atomic E-state index is 6.27. The number of anilines is 3. The SMILES string of the molecule is CC1(C)c2ccccc2-c2ccc(N(c3cccc(-c4ccc5ccc(-c6ccc7ccccc7c6)cc5c4)c3)c3ccc4oc5ccccc5c4c3)cc21. The van der Waals surface area contributed by atoms with Gasteiger partial charge in [-0.1, -0.05) is 135 Å². The lowest BCUT2D eigenvalue weighted by Gasteiger charge is -2.28. The van der Waals surface area contributed by atoms with Crippen LogP contribution in [0.15, 0.2) is 192 Å². The molecule has 10 aromatic rings. The fourth-order valence-corrected chi connectivity index (χ4v) is 8.93. The summed E-state index contributed by atoms with van der Waals surface area (Å²) in [5.74, 6) is 0. The number of furan rings is 1. The van der Waals surface area contributed by atoms with Gasteiger partial charge >= 0.3 is 0 Å². The molecule has 0 unspecified atom stereocenters. The predicted molar refractivity (Wildman–Crippen MR) is 232 cm³/mol. The van der Waals surface area contributed by atoms with Crippen LogP contribution in [0.25, 0.3) is 76.9 Å². The van der Waals surface area contributed by atoms with E-state index in [9.17, 15) is 0 Å². The fraction of sp³-hybridized carbons (Fsp3) is 0.0566. The number of fused-ring (bicyclic) bond motifs is 8. The number of nitrogens with zero attached hydrogens (tertiary/aromatic N) is 1. The van der Waals surface area contributed by atoms with Crippen LogP contribution in [0.4, 0.5) is 17.1 Å². The van der Waals surface area contributed by atoms with Crippen LogP contribution in [-0.2, 0) is 5.41 Å². The Morgan fingerprint density at radius 2 is 0.945 bits per heavy atom. The maximum absolute atomic E-state index is 6.27. The zero-order valence-corrected chi connectivity index (χ0v) is 30.8. The molecule has 55 heavy (non-hydrogen) atoms. The van der Waals surface area contributed by atoms with Crippen molar-refractivity contribution in [2.24, 2.45) is 0 Å². The molecule has 0 fully saturated rings. The Balaban J connectivity index is 1.05. The first kappa shape index (κ1) is 31.6. The third-order valence-corrected chi connectivity index (χ3v) is 11.8. The van der Waals surface area contributed by atoms with Gasteiger partial charge in [-0.05, 0) is 133 Å². The van der Waals surface area contributed by atoms with Crippen LogP contribution in [0.2, 0.25) is 0 Å². The minimum absolute atomic E-state index is 0.114. The molecular weight excluding hydrogens is 667 g/mol. The quantitative estimate of drug-likeness (QED) is 0.177. The summed E-state index contributed by atoms with van der Waals surface area (Å²) in [4.78, 5) is 2.41. The Morgan fingerprint density at radius 3 is 1.76 bits per heavy atom. The molecule has 0 saturated carbocycles. The second kappa shape index (κ2) is 12.1. The summed E-state index contributed by atoms with van der Waals surface area (Å²) in [6.45, 7) is 4.70. The van der Waals surface area contributed by atoms with Crippen molar-refractivity contribution in [2.45, 2.75) is 19.3 Å². The van der Waals surface area contributed by atoms with Crippen LogP contribution in [0.1, 0.15) is 25.0 Å². The lowest BCUT2D eigenvalue weighted by Crippen LogP contribution is -2.16. The van der Waals surface area contributed by atoms with Gasteiger partial charge in [0, 0.05) is 33.2 Å². The molecule has 1 heterocycles. The van der Waals surface area contributed by atoms with Gasteiger partial charge in [-0.2, -0.15) is 0 Å². The molecule has 0 aliphatic heterocycles. The molecule has 1 aliphatic rings. The van der Waals surface area contributed by atoms with Crippen molar-refractivity contribution >= 4 is 60.5 Å². The average Bonchev–Trinajstić information content (AvgIpc) is 3.72. The molecular formula is C53H37NO. The van der Waals surface area contributed by atoms with E-state index in [1.807, 2.05) is 12.1 Å². The summed E-state index contributed by atoms with van der Waals surface area (Å²) in [5.41, 5.74) is 15.2. The van der Waals surface area contributed by atoms with Gasteiger partial charge in [0.15, 0.2) is 0 Å². The van der Waals surface area contributed by atoms with Gasteiger partial charge in [0.2, 0.25) is 0 Å². The molecule has 2 nitrogen and oxygen atoms in total. The van der Waals surface area contributed by atoms with E-state index in [1.54, 1.807) is 0 Å².